The number of ether oxygens (including phenoxy) is 1. The topological polar surface area (TPSA) is 115 Å². The molecule has 3 aliphatic heterocycles. The summed E-state index contributed by atoms with van der Waals surface area (Å²) in [6, 6.07) is 8.54. The number of hydrogen-bond donors (Lipinski definition) is 0. The molecule has 3 fully saturated rings. The maximum absolute atomic E-state index is 11.8. The predicted octanol–water partition coefficient (Wildman–Crippen LogP) is 1.58. The number of likely N-dealkylation sites (tertiary alicyclic amines) is 1. The van der Waals surface area contributed by atoms with Gasteiger partial charge in [-0.05, 0) is 12.1 Å². The summed E-state index contributed by atoms with van der Waals surface area (Å²) in [4.78, 5) is 27.2. The van der Waals surface area contributed by atoms with E-state index in [2.05, 4.69) is 43.7 Å². The second-order valence-corrected chi connectivity index (χ2v) is 14.0. The van der Waals surface area contributed by atoms with Gasteiger partial charge in [-0.15, -0.1) is 0 Å². The van der Waals surface area contributed by atoms with Crippen LogP contribution < -0.4 is 4.90 Å². The van der Waals surface area contributed by atoms with Crippen LogP contribution in [0.1, 0.15) is 31.4 Å². The van der Waals surface area contributed by atoms with E-state index in [0.29, 0.717) is 44.8 Å². The number of imidazole rings is 2. The minimum absolute atomic E-state index is 0.190. The number of aromatic nitrogens is 6. The van der Waals surface area contributed by atoms with E-state index >= 15 is 0 Å². The Balaban J connectivity index is 1.23. The molecule has 0 N–H and O–H groups in total. The SMILES string of the molecule is CC(C)c1nc2ccccc2n1-c1nc(N2CCOCC2)c2nc(CN3CC(N4CCS(=O)(=O)CC4)C3)n(C)c2n1. The first-order valence-electron chi connectivity index (χ1n) is 14.5. The van der Waals surface area contributed by atoms with Gasteiger partial charge in [-0.25, -0.2) is 18.4 Å². The summed E-state index contributed by atoms with van der Waals surface area (Å²) in [5, 5.41) is 0. The van der Waals surface area contributed by atoms with Gasteiger partial charge in [0.05, 0.1) is 42.3 Å². The zero-order valence-corrected chi connectivity index (χ0v) is 24.7. The number of fused-ring (bicyclic) bond motifs is 2. The van der Waals surface area contributed by atoms with E-state index in [1.54, 1.807) is 0 Å². The molecule has 13 heteroatoms. The Morgan fingerprint density at radius 2 is 1.71 bits per heavy atom. The molecule has 6 heterocycles. The van der Waals surface area contributed by atoms with Gasteiger partial charge >= 0.3 is 0 Å². The highest BCUT2D eigenvalue weighted by molar-refractivity contribution is 7.91. The third-order valence-electron chi connectivity index (χ3n) is 8.59. The number of anilines is 1. The Hall–Kier alpha value is -3.13. The van der Waals surface area contributed by atoms with Crippen molar-refractivity contribution in [2.75, 3.05) is 68.9 Å². The lowest BCUT2D eigenvalue weighted by molar-refractivity contribution is 0.0313. The lowest BCUT2D eigenvalue weighted by atomic mass is 10.1. The second kappa shape index (κ2) is 10.3. The van der Waals surface area contributed by atoms with Crippen molar-refractivity contribution in [1.29, 1.82) is 0 Å². The van der Waals surface area contributed by atoms with Gasteiger partial charge in [0.1, 0.15) is 11.6 Å². The first kappa shape index (κ1) is 26.7. The van der Waals surface area contributed by atoms with Gasteiger partial charge in [0, 0.05) is 58.3 Å². The normalized spacial score (nSPS) is 20.8. The van der Waals surface area contributed by atoms with E-state index < -0.39 is 9.84 Å². The van der Waals surface area contributed by atoms with Crippen molar-refractivity contribution in [2.45, 2.75) is 32.4 Å². The Labute approximate surface area is 239 Å². The predicted molar refractivity (Wildman–Crippen MR) is 157 cm³/mol. The van der Waals surface area contributed by atoms with Gasteiger partial charge < -0.3 is 14.2 Å². The largest absolute Gasteiger partial charge is 0.378 e. The highest BCUT2D eigenvalue weighted by Crippen LogP contribution is 2.30. The first-order chi connectivity index (χ1) is 19.8. The molecule has 0 unspecified atom stereocenters. The molecule has 0 spiro atoms. The van der Waals surface area contributed by atoms with E-state index in [1.807, 2.05) is 25.2 Å². The second-order valence-electron chi connectivity index (χ2n) is 11.7. The maximum Gasteiger partial charge on any atom is 0.239 e. The summed E-state index contributed by atoms with van der Waals surface area (Å²) in [6.45, 7) is 10.9. The molecule has 4 aromatic rings. The number of hydrogen-bond acceptors (Lipinski definition) is 10. The quantitative estimate of drug-likeness (QED) is 0.334. The molecule has 1 aromatic carbocycles. The van der Waals surface area contributed by atoms with Crippen molar-refractivity contribution in [3.8, 4) is 5.95 Å². The standard InChI is InChI=1S/C28H37N9O3S/c1-19(2)25-29-21-6-4-5-7-22(21)37(25)28-31-26-24(27(32-28)36-8-12-40-13-9-36)30-23(33(26)3)18-34-16-20(17-34)35-10-14-41(38,39)15-11-35/h4-7,19-20H,8-18H2,1-3H3. The number of para-hydroxylation sites is 2. The Bertz CT molecular complexity index is 1690. The third kappa shape index (κ3) is 4.88. The van der Waals surface area contributed by atoms with Gasteiger partial charge in [0.2, 0.25) is 5.95 Å². The van der Waals surface area contributed by atoms with Crippen LogP contribution in [-0.4, -0.2) is 117 Å². The average Bonchev–Trinajstić information content (AvgIpc) is 3.49. The van der Waals surface area contributed by atoms with Crippen LogP contribution in [0.5, 0.6) is 0 Å². The lowest BCUT2D eigenvalue weighted by Gasteiger charge is -2.46. The van der Waals surface area contributed by atoms with Gasteiger partial charge in [0.25, 0.3) is 0 Å². The fourth-order valence-corrected chi connectivity index (χ4v) is 7.38. The van der Waals surface area contributed by atoms with Crippen LogP contribution in [0.25, 0.3) is 28.1 Å². The highest BCUT2D eigenvalue weighted by Gasteiger charge is 2.36. The molecule has 3 aromatic heterocycles. The van der Waals surface area contributed by atoms with Crippen LogP contribution in [0.4, 0.5) is 5.82 Å². The molecular formula is C28H37N9O3S. The maximum atomic E-state index is 11.8. The molecule has 41 heavy (non-hydrogen) atoms. The summed E-state index contributed by atoms with van der Waals surface area (Å²) in [7, 11) is -0.834. The van der Waals surface area contributed by atoms with Crippen LogP contribution in [0, 0.1) is 0 Å². The molecular weight excluding hydrogens is 542 g/mol. The molecule has 7 rings (SSSR count). The number of morpholine rings is 1. The van der Waals surface area contributed by atoms with Crippen LogP contribution >= 0.6 is 0 Å². The Morgan fingerprint density at radius 3 is 2.44 bits per heavy atom. The van der Waals surface area contributed by atoms with Crippen LogP contribution in [0.3, 0.4) is 0 Å². The summed E-state index contributed by atoms with van der Waals surface area (Å²) in [6.07, 6.45) is 0. The molecule has 3 aliphatic rings. The number of rotatable bonds is 6. The number of benzene rings is 1. The van der Waals surface area contributed by atoms with Crippen molar-refractivity contribution in [2.24, 2.45) is 7.05 Å². The van der Waals surface area contributed by atoms with E-state index in [0.717, 1.165) is 65.8 Å². The summed E-state index contributed by atoms with van der Waals surface area (Å²) >= 11 is 0. The summed E-state index contributed by atoms with van der Waals surface area (Å²) in [5.41, 5.74) is 3.53. The average molecular weight is 580 g/mol. The monoisotopic (exact) mass is 579 g/mol. The number of sulfone groups is 1. The van der Waals surface area contributed by atoms with E-state index in [4.69, 9.17) is 24.7 Å². The molecule has 0 radical (unpaired) electrons. The van der Waals surface area contributed by atoms with Crippen molar-refractivity contribution in [3.05, 3.63) is 35.9 Å². The number of nitrogens with zero attached hydrogens (tertiary/aromatic N) is 9. The van der Waals surface area contributed by atoms with Gasteiger partial charge in [-0.2, -0.15) is 9.97 Å². The zero-order valence-electron chi connectivity index (χ0n) is 23.9. The van der Waals surface area contributed by atoms with Gasteiger partial charge in [-0.1, -0.05) is 26.0 Å². The molecule has 0 atom stereocenters. The molecule has 12 nitrogen and oxygen atoms in total. The minimum atomic E-state index is -2.87. The molecule has 0 saturated carbocycles. The Morgan fingerprint density at radius 1 is 0.976 bits per heavy atom. The molecule has 0 amide bonds. The van der Waals surface area contributed by atoms with Crippen molar-refractivity contribution in [3.63, 3.8) is 0 Å². The molecule has 218 valence electrons. The first-order valence-corrected chi connectivity index (χ1v) is 16.3. The van der Waals surface area contributed by atoms with Crippen molar-refractivity contribution < 1.29 is 13.2 Å². The van der Waals surface area contributed by atoms with E-state index in [1.165, 1.54) is 0 Å². The fourth-order valence-electron chi connectivity index (χ4n) is 6.15. The van der Waals surface area contributed by atoms with E-state index in [-0.39, 0.29) is 17.4 Å². The third-order valence-corrected chi connectivity index (χ3v) is 10.2. The molecule has 3 saturated heterocycles. The summed E-state index contributed by atoms with van der Waals surface area (Å²) in [5.74, 6) is 4.04. The minimum Gasteiger partial charge on any atom is -0.378 e. The van der Waals surface area contributed by atoms with Gasteiger partial charge in [-0.3, -0.25) is 14.4 Å². The summed E-state index contributed by atoms with van der Waals surface area (Å²) < 4.78 is 33.5. The smallest absolute Gasteiger partial charge is 0.239 e. The lowest BCUT2D eigenvalue weighted by Crippen LogP contribution is -2.61. The van der Waals surface area contributed by atoms with E-state index in [9.17, 15) is 8.42 Å². The van der Waals surface area contributed by atoms with Crippen molar-refractivity contribution >= 4 is 37.9 Å². The highest BCUT2D eigenvalue weighted by atomic mass is 32.2. The number of aryl methyl sites for hydroxylation is 1. The fraction of sp³-hybridized carbons (Fsp3) is 0.571. The Kier molecular flexibility index (Phi) is 6.72. The molecule has 0 aliphatic carbocycles. The van der Waals surface area contributed by atoms with Crippen LogP contribution in [0.2, 0.25) is 0 Å². The van der Waals surface area contributed by atoms with Gasteiger partial charge in [0.15, 0.2) is 26.8 Å². The molecule has 0 bridgehead atoms. The zero-order chi connectivity index (χ0) is 28.3. The van der Waals surface area contributed by atoms with Crippen molar-refractivity contribution in [1.82, 2.24) is 38.9 Å². The van der Waals surface area contributed by atoms with Crippen LogP contribution in [-0.2, 0) is 28.2 Å². The van der Waals surface area contributed by atoms with Crippen LogP contribution in [0.15, 0.2) is 24.3 Å².